The quantitative estimate of drug-likeness (QED) is 0.623. The molecule has 0 aliphatic carbocycles. The maximum Gasteiger partial charge on any atom is 0.235 e. The molecule has 0 aromatic rings. The van der Waals surface area contributed by atoms with E-state index in [1.54, 1.807) is 20.8 Å². The summed E-state index contributed by atoms with van der Waals surface area (Å²) < 4.78 is 0. The molecule has 4 heteroatoms. The number of imide groups is 1. The Bertz CT molecular complexity index is 245. The number of hydrogen-bond donors (Lipinski definition) is 1. The van der Waals surface area contributed by atoms with Crippen molar-refractivity contribution in [3.8, 4) is 0 Å². The summed E-state index contributed by atoms with van der Waals surface area (Å²) in [5.41, 5.74) is -0.591. The highest BCUT2D eigenvalue weighted by Gasteiger charge is 2.44. The van der Waals surface area contributed by atoms with Crippen molar-refractivity contribution in [1.29, 1.82) is 0 Å². The van der Waals surface area contributed by atoms with Crippen LogP contribution in [0.1, 0.15) is 27.2 Å². The third-order valence-electron chi connectivity index (χ3n) is 2.17. The van der Waals surface area contributed by atoms with Crippen LogP contribution in [-0.4, -0.2) is 34.5 Å². The highest BCUT2D eigenvalue weighted by atomic mass is 16.3. The van der Waals surface area contributed by atoms with E-state index in [1.807, 2.05) is 0 Å². The fourth-order valence-corrected chi connectivity index (χ4v) is 1.48. The van der Waals surface area contributed by atoms with E-state index in [0.29, 0.717) is 0 Å². The standard InChI is InChI=1S/C9H15NO3/c1-6(11)5-10-7(12)4-9(2,3)8(10)13/h6,11H,4-5H2,1-3H3. The first-order chi connectivity index (χ1) is 5.84. The van der Waals surface area contributed by atoms with Gasteiger partial charge >= 0.3 is 0 Å². The Labute approximate surface area is 77.5 Å². The van der Waals surface area contributed by atoms with Gasteiger partial charge in [0.2, 0.25) is 11.8 Å². The van der Waals surface area contributed by atoms with Crippen molar-refractivity contribution < 1.29 is 14.7 Å². The maximum absolute atomic E-state index is 11.6. The Morgan fingerprint density at radius 1 is 1.54 bits per heavy atom. The van der Waals surface area contributed by atoms with Crippen molar-refractivity contribution in [3.63, 3.8) is 0 Å². The Balaban J connectivity index is 2.77. The zero-order valence-corrected chi connectivity index (χ0v) is 8.20. The number of carbonyl (C=O) groups is 2. The molecule has 0 saturated carbocycles. The van der Waals surface area contributed by atoms with Gasteiger partial charge in [0.15, 0.2) is 0 Å². The average Bonchev–Trinajstić information content (AvgIpc) is 2.12. The number of β-amino-alcohol motifs (C(OH)–C–C–N with tert-alkyl or cyclic N) is 1. The first kappa shape index (κ1) is 10.2. The molecule has 1 aliphatic heterocycles. The molecule has 13 heavy (non-hydrogen) atoms. The van der Waals surface area contributed by atoms with Crippen LogP contribution in [0.4, 0.5) is 0 Å². The highest BCUT2D eigenvalue weighted by molar-refractivity contribution is 6.05. The van der Waals surface area contributed by atoms with Crippen LogP contribution in [0.25, 0.3) is 0 Å². The van der Waals surface area contributed by atoms with E-state index in [4.69, 9.17) is 5.11 Å². The van der Waals surface area contributed by atoms with E-state index in [0.717, 1.165) is 4.90 Å². The second-order valence-corrected chi connectivity index (χ2v) is 4.22. The van der Waals surface area contributed by atoms with E-state index in [-0.39, 0.29) is 24.8 Å². The van der Waals surface area contributed by atoms with Crippen molar-refractivity contribution in [2.45, 2.75) is 33.3 Å². The van der Waals surface area contributed by atoms with Crippen LogP contribution < -0.4 is 0 Å². The minimum atomic E-state index is -0.651. The van der Waals surface area contributed by atoms with Crippen LogP contribution in [-0.2, 0) is 9.59 Å². The molecule has 0 aromatic heterocycles. The highest BCUT2D eigenvalue weighted by Crippen LogP contribution is 2.31. The predicted molar refractivity (Wildman–Crippen MR) is 46.8 cm³/mol. The first-order valence-electron chi connectivity index (χ1n) is 4.37. The van der Waals surface area contributed by atoms with Gasteiger partial charge in [-0.2, -0.15) is 0 Å². The van der Waals surface area contributed by atoms with Gasteiger partial charge in [-0.3, -0.25) is 14.5 Å². The Morgan fingerprint density at radius 3 is 2.38 bits per heavy atom. The van der Waals surface area contributed by atoms with Crippen LogP contribution in [0.5, 0.6) is 0 Å². The minimum absolute atomic E-state index is 0.112. The summed E-state index contributed by atoms with van der Waals surface area (Å²) in [6.45, 7) is 5.16. The fourth-order valence-electron chi connectivity index (χ4n) is 1.48. The molecule has 0 spiro atoms. The zero-order chi connectivity index (χ0) is 10.2. The molecule has 1 rings (SSSR count). The molecule has 1 fully saturated rings. The number of rotatable bonds is 2. The van der Waals surface area contributed by atoms with Gasteiger partial charge in [0.05, 0.1) is 18.1 Å². The zero-order valence-electron chi connectivity index (χ0n) is 8.20. The number of amides is 2. The molecular weight excluding hydrogens is 170 g/mol. The number of carbonyl (C=O) groups excluding carboxylic acids is 2. The monoisotopic (exact) mass is 185 g/mol. The molecule has 1 atom stereocenters. The van der Waals surface area contributed by atoms with E-state index < -0.39 is 11.5 Å². The van der Waals surface area contributed by atoms with Gasteiger partial charge in [-0.1, -0.05) is 13.8 Å². The molecule has 1 heterocycles. The topological polar surface area (TPSA) is 57.6 Å². The van der Waals surface area contributed by atoms with Crippen LogP contribution in [0.15, 0.2) is 0 Å². The molecule has 0 radical (unpaired) electrons. The number of aliphatic hydroxyl groups excluding tert-OH is 1. The Hall–Kier alpha value is -0.900. The third-order valence-corrected chi connectivity index (χ3v) is 2.17. The summed E-state index contributed by atoms with van der Waals surface area (Å²) in [6.07, 6.45) is -0.403. The smallest absolute Gasteiger partial charge is 0.235 e. The molecule has 0 bridgehead atoms. The number of hydrogen-bond acceptors (Lipinski definition) is 3. The summed E-state index contributed by atoms with van der Waals surface area (Å²) in [5, 5.41) is 9.07. The molecule has 1 aliphatic rings. The van der Waals surface area contributed by atoms with Gasteiger partial charge in [-0.15, -0.1) is 0 Å². The van der Waals surface area contributed by atoms with Crippen molar-refractivity contribution in [2.24, 2.45) is 5.41 Å². The van der Waals surface area contributed by atoms with Crippen LogP contribution >= 0.6 is 0 Å². The molecular formula is C9H15NO3. The van der Waals surface area contributed by atoms with Crippen molar-refractivity contribution in [2.75, 3.05) is 6.54 Å². The maximum atomic E-state index is 11.6. The molecule has 0 aromatic carbocycles. The molecule has 1 N–H and O–H groups in total. The lowest BCUT2D eigenvalue weighted by Crippen LogP contribution is -2.37. The van der Waals surface area contributed by atoms with Crippen molar-refractivity contribution >= 4 is 11.8 Å². The molecule has 74 valence electrons. The summed E-state index contributed by atoms with van der Waals surface area (Å²) >= 11 is 0. The van der Waals surface area contributed by atoms with Gasteiger partial charge < -0.3 is 5.11 Å². The molecule has 1 saturated heterocycles. The lowest BCUT2D eigenvalue weighted by atomic mass is 9.92. The summed E-state index contributed by atoms with van der Waals surface area (Å²) in [7, 11) is 0. The van der Waals surface area contributed by atoms with Gasteiger partial charge in [0.25, 0.3) is 0 Å². The first-order valence-corrected chi connectivity index (χ1v) is 4.37. The second kappa shape index (κ2) is 3.10. The SMILES string of the molecule is CC(O)CN1C(=O)CC(C)(C)C1=O. The van der Waals surface area contributed by atoms with Crippen molar-refractivity contribution in [3.05, 3.63) is 0 Å². The van der Waals surface area contributed by atoms with E-state index in [2.05, 4.69) is 0 Å². The number of nitrogens with zero attached hydrogens (tertiary/aromatic N) is 1. The summed E-state index contributed by atoms with van der Waals surface area (Å²) in [6, 6.07) is 0. The predicted octanol–water partition coefficient (Wildman–Crippen LogP) is 0.152. The van der Waals surface area contributed by atoms with Crippen LogP contribution in [0.3, 0.4) is 0 Å². The van der Waals surface area contributed by atoms with Crippen molar-refractivity contribution in [1.82, 2.24) is 4.90 Å². The summed E-state index contributed by atoms with van der Waals surface area (Å²) in [5.74, 6) is -0.366. The van der Waals surface area contributed by atoms with E-state index in [9.17, 15) is 9.59 Å². The Kier molecular flexibility index (Phi) is 2.43. The molecule has 2 amide bonds. The van der Waals surface area contributed by atoms with Gasteiger partial charge in [0, 0.05) is 6.42 Å². The largest absolute Gasteiger partial charge is 0.392 e. The van der Waals surface area contributed by atoms with Gasteiger partial charge in [-0.05, 0) is 6.92 Å². The van der Waals surface area contributed by atoms with Gasteiger partial charge in [-0.25, -0.2) is 0 Å². The second-order valence-electron chi connectivity index (χ2n) is 4.22. The van der Waals surface area contributed by atoms with E-state index in [1.165, 1.54) is 0 Å². The number of aliphatic hydroxyl groups is 1. The lowest BCUT2D eigenvalue weighted by molar-refractivity contribution is -0.142. The van der Waals surface area contributed by atoms with E-state index >= 15 is 0 Å². The molecule has 1 unspecified atom stereocenters. The minimum Gasteiger partial charge on any atom is -0.392 e. The van der Waals surface area contributed by atoms with Gasteiger partial charge in [0.1, 0.15) is 0 Å². The average molecular weight is 185 g/mol. The van der Waals surface area contributed by atoms with Crippen LogP contribution in [0.2, 0.25) is 0 Å². The summed E-state index contributed by atoms with van der Waals surface area (Å²) in [4.78, 5) is 24.0. The fraction of sp³-hybridized carbons (Fsp3) is 0.778. The van der Waals surface area contributed by atoms with Crippen LogP contribution in [0, 0.1) is 5.41 Å². The normalized spacial score (nSPS) is 23.8. The third kappa shape index (κ3) is 1.88. The number of likely N-dealkylation sites (tertiary alicyclic amines) is 1. The molecule has 4 nitrogen and oxygen atoms in total. The lowest BCUT2D eigenvalue weighted by Gasteiger charge is -2.18. The Morgan fingerprint density at radius 2 is 2.08 bits per heavy atom.